The molecule has 0 aromatic carbocycles. The minimum Gasteiger partial charge on any atom is -0.320 e. The first kappa shape index (κ1) is 15.6. The zero-order valence-electron chi connectivity index (χ0n) is 11.9. The summed E-state index contributed by atoms with van der Waals surface area (Å²) in [5, 5.41) is 13.4. The smallest absolute Gasteiger partial charge is 0.244 e. The topological polar surface area (TPSA) is 118 Å². The van der Waals surface area contributed by atoms with Gasteiger partial charge in [0.2, 0.25) is 10.0 Å². The van der Waals surface area contributed by atoms with Gasteiger partial charge in [-0.05, 0) is 26.9 Å². The van der Waals surface area contributed by atoms with Gasteiger partial charge in [0.1, 0.15) is 17.0 Å². The van der Waals surface area contributed by atoms with Crippen LogP contribution in [-0.4, -0.2) is 47.0 Å². The quantitative estimate of drug-likeness (QED) is 0.573. The molecule has 0 fully saturated rings. The minimum absolute atomic E-state index is 0.137. The average molecular weight is 313 g/mol. The van der Waals surface area contributed by atoms with Crippen LogP contribution in [0.1, 0.15) is 25.2 Å². The van der Waals surface area contributed by atoms with Gasteiger partial charge >= 0.3 is 0 Å². The van der Waals surface area contributed by atoms with Gasteiger partial charge in [-0.3, -0.25) is 9.78 Å². The molecular weight excluding hydrogens is 294 g/mol. The lowest BCUT2D eigenvalue weighted by atomic mass is 10.3. The lowest BCUT2D eigenvalue weighted by Gasteiger charge is -2.10. The summed E-state index contributed by atoms with van der Waals surface area (Å²) >= 11 is 0. The number of aryl methyl sites for hydroxylation is 1. The molecule has 0 amide bonds. The Morgan fingerprint density at radius 3 is 2.95 bits per heavy atom. The predicted octanol–water partition coefficient (Wildman–Crippen LogP) is -0.350. The van der Waals surface area contributed by atoms with Crippen molar-refractivity contribution in [3.63, 3.8) is 0 Å². The van der Waals surface area contributed by atoms with Gasteiger partial charge < -0.3 is 5.32 Å². The third-order valence-electron chi connectivity index (χ3n) is 2.91. The van der Waals surface area contributed by atoms with Crippen LogP contribution in [-0.2, 0) is 16.6 Å². The number of aromatic nitrogens is 5. The van der Waals surface area contributed by atoms with E-state index in [4.69, 9.17) is 0 Å². The fourth-order valence-corrected chi connectivity index (χ4v) is 2.96. The lowest BCUT2D eigenvalue weighted by molar-refractivity contribution is 0.555. The number of nitrogens with zero attached hydrogens (tertiary/aromatic N) is 4. The van der Waals surface area contributed by atoms with Gasteiger partial charge in [0, 0.05) is 12.7 Å². The number of H-pyrrole nitrogens is 1. The Morgan fingerprint density at radius 1 is 1.48 bits per heavy atom. The monoisotopic (exact) mass is 313 g/mol. The molecule has 116 valence electrons. The summed E-state index contributed by atoms with van der Waals surface area (Å²) in [4.78, 5) is 4.07. The largest absolute Gasteiger partial charge is 0.320 e. The van der Waals surface area contributed by atoms with Crippen LogP contribution in [0.3, 0.4) is 0 Å². The molecule has 2 heterocycles. The van der Waals surface area contributed by atoms with E-state index in [0.717, 1.165) is 13.0 Å². The van der Waals surface area contributed by atoms with Crippen LogP contribution in [0.4, 0.5) is 0 Å². The Kier molecular flexibility index (Phi) is 5.04. The van der Waals surface area contributed by atoms with Gasteiger partial charge in [0.05, 0.1) is 12.2 Å². The van der Waals surface area contributed by atoms with Crippen molar-refractivity contribution in [3.05, 3.63) is 24.5 Å². The third kappa shape index (κ3) is 4.09. The molecule has 0 saturated heterocycles. The number of aromatic amines is 1. The van der Waals surface area contributed by atoms with E-state index in [1.807, 2.05) is 7.05 Å². The van der Waals surface area contributed by atoms with Crippen molar-refractivity contribution < 1.29 is 8.42 Å². The van der Waals surface area contributed by atoms with E-state index in [2.05, 4.69) is 30.3 Å². The van der Waals surface area contributed by atoms with Crippen LogP contribution in [0, 0.1) is 0 Å². The Balaban J connectivity index is 2.02. The molecule has 0 radical (unpaired) electrons. The van der Waals surface area contributed by atoms with Crippen LogP contribution in [0.2, 0.25) is 0 Å². The van der Waals surface area contributed by atoms with E-state index in [9.17, 15) is 8.42 Å². The number of nitrogens with one attached hydrogen (secondary N) is 3. The van der Waals surface area contributed by atoms with Gasteiger partial charge in [0.25, 0.3) is 0 Å². The molecule has 0 aliphatic carbocycles. The standard InChI is InChI=1S/C11H19N7O2S/c1-9(11-13-8-14-16-11)17-21(19,20)10-6-15-18(7-10)5-3-4-12-2/h6-9,12,17H,3-5H2,1-2H3,(H,13,14,16). The molecular formula is C11H19N7O2S. The van der Waals surface area contributed by atoms with Crippen molar-refractivity contribution in [3.8, 4) is 0 Å². The van der Waals surface area contributed by atoms with Gasteiger partial charge in [-0.2, -0.15) is 10.2 Å². The van der Waals surface area contributed by atoms with Crippen LogP contribution in [0.15, 0.2) is 23.6 Å². The van der Waals surface area contributed by atoms with Crippen LogP contribution in [0.5, 0.6) is 0 Å². The Bertz CT molecular complexity index is 650. The minimum atomic E-state index is -3.63. The fraction of sp³-hybridized carbons (Fsp3) is 0.545. The summed E-state index contributed by atoms with van der Waals surface area (Å²) in [6.07, 6.45) is 5.07. The normalized spacial score (nSPS) is 13.4. The fourth-order valence-electron chi connectivity index (χ4n) is 1.80. The van der Waals surface area contributed by atoms with E-state index in [-0.39, 0.29) is 4.90 Å². The average Bonchev–Trinajstić information content (AvgIpc) is 3.10. The van der Waals surface area contributed by atoms with E-state index < -0.39 is 16.1 Å². The van der Waals surface area contributed by atoms with Gasteiger partial charge in [-0.25, -0.2) is 18.1 Å². The molecule has 0 bridgehead atoms. The highest BCUT2D eigenvalue weighted by Gasteiger charge is 2.21. The molecule has 0 aliphatic heterocycles. The van der Waals surface area contributed by atoms with Crippen LogP contribution < -0.4 is 10.0 Å². The zero-order chi connectivity index (χ0) is 15.3. The van der Waals surface area contributed by atoms with Gasteiger partial charge in [-0.15, -0.1) is 0 Å². The number of sulfonamides is 1. The molecule has 1 atom stereocenters. The highest BCUT2D eigenvalue weighted by molar-refractivity contribution is 7.89. The van der Waals surface area contributed by atoms with Crippen LogP contribution >= 0.6 is 0 Å². The van der Waals surface area contributed by atoms with E-state index in [1.54, 1.807) is 11.6 Å². The van der Waals surface area contributed by atoms with Crippen molar-refractivity contribution in [2.45, 2.75) is 30.8 Å². The second kappa shape index (κ2) is 6.78. The first-order valence-electron chi connectivity index (χ1n) is 6.57. The van der Waals surface area contributed by atoms with Gasteiger partial charge in [-0.1, -0.05) is 0 Å². The Labute approximate surface area is 123 Å². The number of hydrogen-bond acceptors (Lipinski definition) is 6. The van der Waals surface area contributed by atoms with Crippen molar-refractivity contribution in [1.29, 1.82) is 0 Å². The highest BCUT2D eigenvalue weighted by Crippen LogP contribution is 2.13. The SMILES string of the molecule is CNCCCn1cc(S(=O)(=O)NC(C)c2ncn[nH]2)cn1. The second-order valence-electron chi connectivity index (χ2n) is 4.61. The predicted molar refractivity (Wildman–Crippen MR) is 75.9 cm³/mol. The van der Waals surface area contributed by atoms with Crippen molar-refractivity contribution in [1.82, 2.24) is 35.0 Å². The maximum atomic E-state index is 12.2. The molecule has 2 rings (SSSR count). The number of rotatable bonds is 8. The van der Waals surface area contributed by atoms with E-state index in [1.165, 1.54) is 18.7 Å². The molecule has 2 aromatic heterocycles. The molecule has 9 nitrogen and oxygen atoms in total. The molecule has 21 heavy (non-hydrogen) atoms. The van der Waals surface area contributed by atoms with E-state index >= 15 is 0 Å². The molecule has 0 aliphatic rings. The Morgan fingerprint density at radius 2 is 2.29 bits per heavy atom. The molecule has 0 spiro atoms. The Hall–Kier alpha value is -1.78. The summed E-state index contributed by atoms with van der Waals surface area (Å²) in [6, 6.07) is -0.495. The number of hydrogen-bond donors (Lipinski definition) is 3. The molecule has 0 saturated carbocycles. The lowest BCUT2D eigenvalue weighted by Crippen LogP contribution is -2.27. The molecule has 2 aromatic rings. The first-order chi connectivity index (χ1) is 10.0. The van der Waals surface area contributed by atoms with Crippen molar-refractivity contribution in [2.24, 2.45) is 0 Å². The molecule has 10 heteroatoms. The van der Waals surface area contributed by atoms with Gasteiger partial charge in [0.15, 0.2) is 0 Å². The van der Waals surface area contributed by atoms with Crippen LogP contribution in [0.25, 0.3) is 0 Å². The summed E-state index contributed by atoms with van der Waals surface area (Å²) in [5.74, 6) is 0.458. The second-order valence-corrected chi connectivity index (χ2v) is 6.32. The summed E-state index contributed by atoms with van der Waals surface area (Å²) in [5.41, 5.74) is 0. The zero-order valence-corrected chi connectivity index (χ0v) is 12.8. The highest BCUT2D eigenvalue weighted by atomic mass is 32.2. The van der Waals surface area contributed by atoms with Crippen molar-refractivity contribution >= 4 is 10.0 Å². The maximum Gasteiger partial charge on any atom is 0.244 e. The first-order valence-corrected chi connectivity index (χ1v) is 8.06. The summed E-state index contributed by atoms with van der Waals surface area (Å²) in [7, 11) is -1.76. The molecule has 1 unspecified atom stereocenters. The summed E-state index contributed by atoms with van der Waals surface area (Å²) in [6.45, 7) is 3.20. The summed E-state index contributed by atoms with van der Waals surface area (Å²) < 4.78 is 28.6. The van der Waals surface area contributed by atoms with Crippen molar-refractivity contribution in [2.75, 3.05) is 13.6 Å². The maximum absolute atomic E-state index is 12.2. The third-order valence-corrected chi connectivity index (χ3v) is 4.40. The van der Waals surface area contributed by atoms with E-state index in [0.29, 0.717) is 12.4 Å². The molecule has 3 N–H and O–H groups in total.